The molecule has 36 heavy (non-hydrogen) atoms. The second-order valence-corrected chi connectivity index (χ2v) is 11.8. The molecule has 4 rings (SSSR count). The average molecular weight is 533 g/mol. The van der Waals surface area contributed by atoms with Crippen LogP contribution in [0.15, 0.2) is 62.6 Å². The number of oxazole rings is 1. The molecule has 1 atom stereocenters. The maximum Gasteiger partial charge on any atom is 0.419 e. The molecule has 11 heteroatoms. The number of hydrogen-bond donors (Lipinski definition) is 2. The predicted octanol–water partition coefficient (Wildman–Crippen LogP) is 2.31. The Bertz CT molecular complexity index is 1350. The smallest absolute Gasteiger partial charge is 0.408 e. The van der Waals surface area contributed by atoms with Crippen molar-refractivity contribution in [2.24, 2.45) is 7.05 Å². The number of aromatic nitrogens is 1. The van der Waals surface area contributed by atoms with Crippen LogP contribution in [-0.4, -0.2) is 61.0 Å². The lowest BCUT2D eigenvalue weighted by molar-refractivity contribution is -0.123. The standard InChI is InChI=1S/C25H32N4O5S2/c1-28-22-9-8-20(16-23(22)34-25(28)31)36(32,33)27-21(12-15-35-2)24(30)26-19-10-13-29(14-11-19)17-18-6-4-3-5-7-18/h3-9,16,19,21,27H,10-15,17H2,1-2H3,(H,26,30)/t21-/m0/s1. The Morgan fingerprint density at radius 2 is 1.89 bits per heavy atom. The summed E-state index contributed by atoms with van der Waals surface area (Å²) in [4.78, 5) is 27.2. The van der Waals surface area contributed by atoms with E-state index in [1.165, 1.54) is 28.3 Å². The van der Waals surface area contributed by atoms with E-state index < -0.39 is 21.8 Å². The van der Waals surface area contributed by atoms with Crippen LogP contribution >= 0.6 is 11.8 Å². The van der Waals surface area contributed by atoms with Gasteiger partial charge in [-0.15, -0.1) is 0 Å². The second kappa shape index (κ2) is 11.6. The summed E-state index contributed by atoms with van der Waals surface area (Å²) in [5, 5.41) is 3.06. The van der Waals surface area contributed by atoms with Crippen molar-refractivity contribution in [3.05, 3.63) is 64.6 Å². The average Bonchev–Trinajstić information content (AvgIpc) is 3.16. The van der Waals surface area contributed by atoms with Crippen LogP contribution in [0.4, 0.5) is 0 Å². The zero-order valence-electron chi connectivity index (χ0n) is 20.5. The molecule has 1 aromatic heterocycles. The van der Waals surface area contributed by atoms with E-state index in [2.05, 4.69) is 27.1 Å². The highest BCUT2D eigenvalue weighted by Crippen LogP contribution is 2.19. The summed E-state index contributed by atoms with van der Waals surface area (Å²) in [7, 11) is -2.46. The highest BCUT2D eigenvalue weighted by molar-refractivity contribution is 7.98. The first-order chi connectivity index (χ1) is 17.3. The fraction of sp³-hybridized carbons (Fsp3) is 0.440. The van der Waals surface area contributed by atoms with Crippen LogP contribution in [0.1, 0.15) is 24.8 Å². The molecule has 1 saturated heterocycles. The first-order valence-corrected chi connectivity index (χ1v) is 14.8. The van der Waals surface area contributed by atoms with Gasteiger partial charge < -0.3 is 9.73 Å². The number of sulfonamides is 1. The summed E-state index contributed by atoms with van der Waals surface area (Å²) in [6, 6.07) is 13.6. The zero-order chi connectivity index (χ0) is 25.7. The highest BCUT2D eigenvalue weighted by Gasteiger charge is 2.29. The number of nitrogens with one attached hydrogen (secondary N) is 2. The molecule has 2 heterocycles. The van der Waals surface area contributed by atoms with Crippen molar-refractivity contribution in [2.75, 3.05) is 25.1 Å². The van der Waals surface area contributed by atoms with Crippen molar-refractivity contribution >= 4 is 38.8 Å². The quantitative estimate of drug-likeness (QED) is 0.412. The van der Waals surface area contributed by atoms with Crippen molar-refractivity contribution in [3.63, 3.8) is 0 Å². The van der Waals surface area contributed by atoms with E-state index in [0.717, 1.165) is 32.5 Å². The van der Waals surface area contributed by atoms with Crippen molar-refractivity contribution < 1.29 is 17.6 Å². The molecule has 1 amide bonds. The normalized spacial score (nSPS) is 16.3. The van der Waals surface area contributed by atoms with Crippen LogP contribution < -0.4 is 15.8 Å². The Morgan fingerprint density at radius 1 is 1.17 bits per heavy atom. The molecule has 1 aliphatic heterocycles. The summed E-state index contributed by atoms with van der Waals surface area (Å²) in [5.41, 5.74) is 1.94. The molecule has 9 nitrogen and oxygen atoms in total. The number of fused-ring (bicyclic) bond motifs is 1. The molecule has 194 valence electrons. The van der Waals surface area contributed by atoms with Crippen LogP contribution in [-0.2, 0) is 28.4 Å². The number of amides is 1. The van der Waals surface area contributed by atoms with Gasteiger partial charge in [0.1, 0.15) is 6.04 Å². The number of aryl methyl sites for hydroxylation is 1. The van der Waals surface area contributed by atoms with Crippen LogP contribution in [0, 0.1) is 0 Å². The van der Waals surface area contributed by atoms with E-state index >= 15 is 0 Å². The Kier molecular flexibility index (Phi) is 8.55. The molecule has 0 spiro atoms. The van der Waals surface area contributed by atoms with Crippen molar-refractivity contribution in [2.45, 2.75) is 42.8 Å². The van der Waals surface area contributed by atoms with Gasteiger partial charge >= 0.3 is 5.76 Å². The number of hydrogen-bond acceptors (Lipinski definition) is 7. The Morgan fingerprint density at radius 3 is 2.58 bits per heavy atom. The lowest BCUT2D eigenvalue weighted by Crippen LogP contribution is -2.52. The fourth-order valence-corrected chi connectivity index (χ4v) is 6.11. The maximum atomic E-state index is 13.1. The molecule has 2 N–H and O–H groups in total. The summed E-state index contributed by atoms with van der Waals surface area (Å²) >= 11 is 1.55. The minimum atomic E-state index is -4.01. The van der Waals surface area contributed by atoms with Gasteiger partial charge in [-0.3, -0.25) is 14.3 Å². The molecule has 1 aliphatic rings. The molecule has 3 aromatic rings. The first kappa shape index (κ1) is 26.5. The summed E-state index contributed by atoms with van der Waals surface area (Å²) < 4.78 is 35.2. The van der Waals surface area contributed by atoms with Gasteiger partial charge in [-0.2, -0.15) is 16.5 Å². The molecular formula is C25H32N4O5S2. The third-order valence-corrected chi connectivity index (χ3v) is 8.59. The first-order valence-electron chi connectivity index (χ1n) is 11.9. The number of carbonyl (C=O) groups excluding carboxylic acids is 1. The van der Waals surface area contributed by atoms with Gasteiger partial charge in [0.15, 0.2) is 5.58 Å². The van der Waals surface area contributed by atoms with Gasteiger partial charge in [0.05, 0.1) is 10.4 Å². The number of piperidine rings is 1. The van der Waals surface area contributed by atoms with E-state index in [1.54, 1.807) is 18.8 Å². The van der Waals surface area contributed by atoms with E-state index in [-0.39, 0.29) is 22.4 Å². The number of likely N-dealkylation sites (tertiary alicyclic amines) is 1. The molecule has 0 radical (unpaired) electrons. The number of nitrogens with zero attached hydrogens (tertiary/aromatic N) is 2. The molecule has 1 fully saturated rings. The summed E-state index contributed by atoms with van der Waals surface area (Å²) in [6.07, 6.45) is 3.90. The fourth-order valence-electron chi connectivity index (χ4n) is 4.39. The van der Waals surface area contributed by atoms with Crippen LogP contribution in [0.25, 0.3) is 11.1 Å². The largest absolute Gasteiger partial charge is 0.419 e. The minimum absolute atomic E-state index is 0.000695. The van der Waals surface area contributed by atoms with Gasteiger partial charge in [-0.05, 0) is 49.0 Å². The molecule has 0 unspecified atom stereocenters. The topological polar surface area (TPSA) is 114 Å². The third-order valence-electron chi connectivity index (χ3n) is 6.48. The lowest BCUT2D eigenvalue weighted by atomic mass is 10.0. The second-order valence-electron chi connectivity index (χ2n) is 9.06. The van der Waals surface area contributed by atoms with Gasteiger partial charge in [0, 0.05) is 38.8 Å². The van der Waals surface area contributed by atoms with Crippen LogP contribution in [0.5, 0.6) is 0 Å². The zero-order valence-corrected chi connectivity index (χ0v) is 22.1. The lowest BCUT2D eigenvalue weighted by Gasteiger charge is -2.33. The Balaban J connectivity index is 1.39. The molecule has 0 bridgehead atoms. The number of rotatable bonds is 10. The molecule has 0 aliphatic carbocycles. The number of benzene rings is 2. The summed E-state index contributed by atoms with van der Waals surface area (Å²) in [6.45, 7) is 2.61. The van der Waals surface area contributed by atoms with E-state index in [4.69, 9.17) is 4.42 Å². The van der Waals surface area contributed by atoms with Crippen LogP contribution in [0.2, 0.25) is 0 Å². The maximum absolute atomic E-state index is 13.1. The highest BCUT2D eigenvalue weighted by atomic mass is 32.2. The van der Waals surface area contributed by atoms with E-state index in [1.807, 2.05) is 24.5 Å². The van der Waals surface area contributed by atoms with Crippen molar-refractivity contribution in [1.82, 2.24) is 19.5 Å². The van der Waals surface area contributed by atoms with Gasteiger partial charge in [0.25, 0.3) is 0 Å². The van der Waals surface area contributed by atoms with Gasteiger partial charge in [-0.1, -0.05) is 30.3 Å². The number of carbonyl (C=O) groups is 1. The van der Waals surface area contributed by atoms with E-state index in [0.29, 0.717) is 17.7 Å². The predicted molar refractivity (Wildman–Crippen MR) is 141 cm³/mol. The van der Waals surface area contributed by atoms with Crippen molar-refractivity contribution in [1.29, 1.82) is 0 Å². The van der Waals surface area contributed by atoms with Gasteiger partial charge in [0.2, 0.25) is 15.9 Å². The van der Waals surface area contributed by atoms with E-state index in [9.17, 15) is 18.0 Å². The Hall–Kier alpha value is -2.60. The van der Waals surface area contributed by atoms with Crippen LogP contribution in [0.3, 0.4) is 0 Å². The molecular weight excluding hydrogens is 500 g/mol. The Labute approximate surface area is 215 Å². The minimum Gasteiger partial charge on any atom is -0.408 e. The third kappa shape index (κ3) is 6.39. The monoisotopic (exact) mass is 532 g/mol. The summed E-state index contributed by atoms with van der Waals surface area (Å²) in [5.74, 6) is -0.260. The van der Waals surface area contributed by atoms with Gasteiger partial charge in [-0.25, -0.2) is 13.2 Å². The molecule has 2 aromatic carbocycles. The molecule has 0 saturated carbocycles. The number of thioether (sulfide) groups is 1. The SMILES string of the molecule is CSCC[C@H](NS(=O)(=O)c1ccc2c(c1)oc(=O)n2C)C(=O)NC1CCN(Cc2ccccc2)CC1. The van der Waals surface area contributed by atoms with Crippen molar-refractivity contribution in [3.8, 4) is 0 Å².